The molecule has 0 saturated carbocycles. The summed E-state index contributed by atoms with van der Waals surface area (Å²) in [5.41, 5.74) is 0. The van der Waals surface area contributed by atoms with E-state index in [0.717, 1.165) is 38.5 Å². The fraction of sp³-hybridized carbons (Fsp3) is 0.978. The zero-order valence-corrected chi connectivity index (χ0v) is 38.3. The molecule has 0 bridgehead atoms. The maximum Gasteiger partial charge on any atom is 0.268 e. The fourth-order valence-electron chi connectivity index (χ4n) is 7.28. The largest absolute Gasteiger partial charge is 0.756 e. The Kier molecular flexibility index (Phi) is 38.6. The summed E-state index contributed by atoms with van der Waals surface area (Å²) in [6, 6.07) is -0.793. The Morgan fingerprint density at radius 3 is 1.24 bits per heavy atom. The van der Waals surface area contributed by atoms with Gasteiger partial charge in [0.1, 0.15) is 13.2 Å². The number of hydrogen-bond acceptors (Lipinski definition) is 6. The average Bonchev–Trinajstić information content (AvgIpc) is 3.13. The number of hydrogen-bond donors (Lipinski definition) is 2. The van der Waals surface area contributed by atoms with Crippen molar-refractivity contribution < 1.29 is 32.9 Å². The molecular weight excluding hydrogens is 707 g/mol. The van der Waals surface area contributed by atoms with Crippen molar-refractivity contribution in [3.63, 3.8) is 0 Å². The SMILES string of the molecule is CCCCCCCCCCCCCCCCCCCCC(O)C(COP(=O)([O-])OCC[N+](C)(C)C)NC(=O)CCCCCCCCCCCCCCCCC. The number of aliphatic hydroxyl groups is 1. The molecule has 1 amide bonds. The lowest BCUT2D eigenvalue weighted by atomic mass is 10.0. The van der Waals surface area contributed by atoms with Crippen molar-refractivity contribution in [1.82, 2.24) is 5.32 Å². The number of phosphoric acid groups is 1. The molecule has 0 aliphatic carbocycles. The van der Waals surface area contributed by atoms with Crippen molar-refractivity contribution in [1.29, 1.82) is 0 Å². The number of phosphoric ester groups is 1. The third-order valence-electron chi connectivity index (χ3n) is 11.1. The molecule has 3 atom stereocenters. The predicted octanol–water partition coefficient (Wildman–Crippen LogP) is 12.7. The van der Waals surface area contributed by atoms with Crippen LogP contribution in [0.25, 0.3) is 0 Å². The second-order valence-corrected chi connectivity index (χ2v) is 19.2. The van der Waals surface area contributed by atoms with E-state index in [1.165, 1.54) is 173 Å². The van der Waals surface area contributed by atoms with Crippen LogP contribution in [0.2, 0.25) is 0 Å². The summed E-state index contributed by atoms with van der Waals surface area (Å²) in [6.07, 6.45) is 42.4. The van der Waals surface area contributed by atoms with Crippen LogP contribution in [0.3, 0.4) is 0 Å². The second-order valence-electron chi connectivity index (χ2n) is 17.8. The van der Waals surface area contributed by atoms with E-state index >= 15 is 0 Å². The number of nitrogens with one attached hydrogen (secondary N) is 1. The first-order valence-corrected chi connectivity index (χ1v) is 25.3. The Morgan fingerprint density at radius 2 is 0.891 bits per heavy atom. The summed E-state index contributed by atoms with van der Waals surface area (Å²) in [4.78, 5) is 25.4. The second kappa shape index (κ2) is 39.0. The monoisotopic (exact) mass is 803 g/mol. The molecule has 55 heavy (non-hydrogen) atoms. The molecular formula is C46H95N2O6P. The normalized spacial score (nSPS) is 14.2. The van der Waals surface area contributed by atoms with Gasteiger partial charge in [0.05, 0.1) is 39.9 Å². The number of likely N-dealkylation sites (N-methyl/N-ethyl adjacent to an activating group) is 1. The Morgan fingerprint density at radius 1 is 0.564 bits per heavy atom. The first kappa shape index (κ1) is 54.5. The van der Waals surface area contributed by atoms with Gasteiger partial charge in [0, 0.05) is 6.42 Å². The lowest BCUT2D eigenvalue weighted by molar-refractivity contribution is -0.870. The molecule has 0 aromatic rings. The number of carbonyl (C=O) groups is 1. The van der Waals surface area contributed by atoms with Crippen LogP contribution < -0.4 is 10.2 Å². The minimum absolute atomic E-state index is 0.0162. The highest BCUT2D eigenvalue weighted by Gasteiger charge is 2.24. The highest BCUT2D eigenvalue weighted by Crippen LogP contribution is 2.38. The standard InChI is InChI=1S/C46H95N2O6P/c1-6-8-10-12-14-16-18-20-22-23-24-26-27-29-31-33-35-37-39-45(49)44(43-54-55(51,52)53-42-41-48(3,4)5)47-46(50)40-38-36-34-32-30-28-25-21-19-17-15-13-11-9-7-2/h44-45,49H,6-43H2,1-5H3,(H-,47,50,51,52). The zero-order valence-electron chi connectivity index (χ0n) is 37.4. The van der Waals surface area contributed by atoms with Crippen LogP contribution in [-0.4, -0.2) is 68.5 Å². The van der Waals surface area contributed by atoms with Gasteiger partial charge in [-0.1, -0.05) is 219 Å². The van der Waals surface area contributed by atoms with Crippen molar-refractivity contribution in [2.24, 2.45) is 0 Å². The van der Waals surface area contributed by atoms with Gasteiger partial charge in [0.25, 0.3) is 7.82 Å². The summed E-state index contributed by atoms with van der Waals surface area (Å²) in [5.74, 6) is -0.160. The molecule has 0 aliphatic heterocycles. The van der Waals surface area contributed by atoms with Gasteiger partial charge in [0.15, 0.2) is 0 Å². The molecule has 0 fully saturated rings. The number of rotatable bonds is 44. The minimum Gasteiger partial charge on any atom is -0.756 e. The van der Waals surface area contributed by atoms with Crippen LogP contribution in [-0.2, 0) is 18.4 Å². The summed E-state index contributed by atoms with van der Waals surface area (Å²) < 4.78 is 23.3. The fourth-order valence-corrected chi connectivity index (χ4v) is 8.00. The highest BCUT2D eigenvalue weighted by atomic mass is 31.2. The molecule has 330 valence electrons. The molecule has 0 radical (unpaired) electrons. The van der Waals surface area contributed by atoms with Crippen LogP contribution in [0.5, 0.6) is 0 Å². The molecule has 3 unspecified atom stereocenters. The maximum absolute atomic E-state index is 12.9. The molecule has 0 heterocycles. The smallest absolute Gasteiger partial charge is 0.268 e. The third-order valence-corrected chi connectivity index (χ3v) is 12.1. The maximum atomic E-state index is 12.9. The van der Waals surface area contributed by atoms with Crippen LogP contribution in [0.4, 0.5) is 0 Å². The predicted molar refractivity (Wildman–Crippen MR) is 233 cm³/mol. The topological polar surface area (TPSA) is 108 Å². The molecule has 0 aromatic heterocycles. The van der Waals surface area contributed by atoms with E-state index < -0.39 is 20.0 Å². The Hall–Kier alpha value is -0.500. The summed E-state index contributed by atoms with van der Waals surface area (Å²) in [7, 11) is 1.32. The van der Waals surface area contributed by atoms with E-state index in [2.05, 4.69) is 19.2 Å². The molecule has 0 aromatic carbocycles. The third kappa shape index (κ3) is 41.5. The van der Waals surface area contributed by atoms with Gasteiger partial charge in [-0.15, -0.1) is 0 Å². The van der Waals surface area contributed by atoms with E-state index in [9.17, 15) is 19.4 Å². The quantitative estimate of drug-likeness (QED) is 0.0361. The van der Waals surface area contributed by atoms with Gasteiger partial charge in [-0.05, 0) is 12.8 Å². The lowest BCUT2D eigenvalue weighted by Gasteiger charge is -2.30. The number of amides is 1. The van der Waals surface area contributed by atoms with E-state index in [0.29, 0.717) is 23.9 Å². The van der Waals surface area contributed by atoms with Gasteiger partial charge >= 0.3 is 0 Å². The molecule has 9 heteroatoms. The number of aliphatic hydroxyl groups excluding tert-OH is 1. The first-order chi connectivity index (χ1) is 26.5. The minimum atomic E-state index is -4.56. The average molecular weight is 803 g/mol. The van der Waals surface area contributed by atoms with Crippen LogP contribution >= 0.6 is 7.82 Å². The Balaban J connectivity index is 4.28. The van der Waals surface area contributed by atoms with Crippen molar-refractivity contribution in [2.75, 3.05) is 40.9 Å². The van der Waals surface area contributed by atoms with Crippen molar-refractivity contribution in [2.45, 2.75) is 251 Å². The van der Waals surface area contributed by atoms with Crippen LogP contribution in [0.1, 0.15) is 239 Å². The van der Waals surface area contributed by atoms with Gasteiger partial charge in [-0.25, -0.2) is 0 Å². The molecule has 0 rings (SSSR count). The molecule has 8 nitrogen and oxygen atoms in total. The van der Waals surface area contributed by atoms with Gasteiger partial charge < -0.3 is 28.8 Å². The molecule has 0 spiro atoms. The molecule has 0 aliphatic rings. The summed E-state index contributed by atoms with van der Waals surface area (Å²) in [6.45, 7) is 4.75. The van der Waals surface area contributed by atoms with Gasteiger partial charge in [0.2, 0.25) is 5.91 Å². The lowest BCUT2D eigenvalue weighted by Crippen LogP contribution is -2.46. The molecule has 2 N–H and O–H groups in total. The van der Waals surface area contributed by atoms with E-state index in [1.807, 2.05) is 21.1 Å². The first-order valence-electron chi connectivity index (χ1n) is 23.9. The van der Waals surface area contributed by atoms with Crippen LogP contribution in [0, 0.1) is 0 Å². The number of nitrogens with zero attached hydrogens (tertiary/aromatic N) is 1. The van der Waals surface area contributed by atoms with Crippen molar-refractivity contribution in [3.8, 4) is 0 Å². The Labute approximate surface area is 342 Å². The van der Waals surface area contributed by atoms with Gasteiger partial charge in [-0.3, -0.25) is 9.36 Å². The number of quaternary nitrogens is 1. The molecule has 0 saturated heterocycles. The van der Waals surface area contributed by atoms with Crippen LogP contribution in [0.15, 0.2) is 0 Å². The zero-order chi connectivity index (χ0) is 40.7. The highest BCUT2D eigenvalue weighted by molar-refractivity contribution is 7.45. The van der Waals surface area contributed by atoms with E-state index in [-0.39, 0.29) is 19.1 Å². The summed E-state index contributed by atoms with van der Waals surface area (Å²) in [5, 5.41) is 13.9. The van der Waals surface area contributed by atoms with Gasteiger partial charge in [-0.2, -0.15) is 0 Å². The summed E-state index contributed by atoms with van der Waals surface area (Å²) >= 11 is 0. The van der Waals surface area contributed by atoms with E-state index in [1.54, 1.807) is 0 Å². The van der Waals surface area contributed by atoms with Crippen molar-refractivity contribution >= 4 is 13.7 Å². The number of carbonyl (C=O) groups excluding carboxylic acids is 1. The van der Waals surface area contributed by atoms with Crippen molar-refractivity contribution in [3.05, 3.63) is 0 Å². The van der Waals surface area contributed by atoms with E-state index in [4.69, 9.17) is 9.05 Å². The Bertz CT molecular complexity index is 870. The number of unbranched alkanes of at least 4 members (excludes halogenated alkanes) is 31.